The Balaban J connectivity index is 0.0000000914. The molecule has 0 amide bonds. The van der Waals surface area contributed by atoms with E-state index in [4.69, 9.17) is 4.74 Å². The van der Waals surface area contributed by atoms with Crippen LogP contribution >= 0.6 is 0 Å². The van der Waals surface area contributed by atoms with Crippen molar-refractivity contribution in [1.82, 2.24) is 0 Å². The Bertz CT molecular complexity index is 214. The van der Waals surface area contributed by atoms with Gasteiger partial charge in [-0.15, -0.1) is 0 Å². The highest BCUT2D eigenvalue weighted by Gasteiger charge is 2.26. The fourth-order valence-corrected chi connectivity index (χ4v) is 2.94. The standard InChI is InChI=1S/C7H10.C6H8O/c1-2-7-4-3-6(1)5-7;1-2-6-4-3-5(1)7-6/h1-2,6-7H,3-5H2;1-2,5-6H,3-4H2. The molecular weight excluding hydrogens is 172 g/mol. The van der Waals surface area contributed by atoms with Crippen LogP contribution in [0.2, 0.25) is 0 Å². The molecule has 1 saturated carbocycles. The van der Waals surface area contributed by atoms with E-state index in [1.54, 1.807) is 0 Å². The Kier molecular flexibility index (Phi) is 2.21. The minimum atomic E-state index is 0.491. The Hall–Kier alpha value is -0.560. The van der Waals surface area contributed by atoms with E-state index in [9.17, 15) is 0 Å². The summed E-state index contributed by atoms with van der Waals surface area (Å²) in [5.41, 5.74) is 0. The van der Waals surface area contributed by atoms with Gasteiger partial charge in [-0.3, -0.25) is 0 Å². The van der Waals surface area contributed by atoms with Crippen molar-refractivity contribution in [1.29, 1.82) is 0 Å². The van der Waals surface area contributed by atoms with Crippen molar-refractivity contribution in [3.05, 3.63) is 24.3 Å². The van der Waals surface area contributed by atoms with E-state index >= 15 is 0 Å². The van der Waals surface area contributed by atoms with Crippen molar-refractivity contribution in [2.75, 3.05) is 0 Å². The third kappa shape index (κ3) is 1.66. The summed E-state index contributed by atoms with van der Waals surface area (Å²) in [5, 5.41) is 0. The van der Waals surface area contributed by atoms with Crippen molar-refractivity contribution < 1.29 is 4.74 Å². The maximum Gasteiger partial charge on any atom is 0.0765 e. The Morgan fingerprint density at radius 3 is 1.43 bits per heavy atom. The van der Waals surface area contributed by atoms with E-state index in [0.29, 0.717) is 12.2 Å². The highest BCUT2D eigenvalue weighted by Crippen LogP contribution is 2.38. The van der Waals surface area contributed by atoms with Gasteiger partial charge in [-0.2, -0.15) is 0 Å². The number of hydrogen-bond donors (Lipinski definition) is 0. The minimum absolute atomic E-state index is 0.491. The van der Waals surface area contributed by atoms with Gasteiger partial charge in [0.15, 0.2) is 0 Å². The lowest BCUT2D eigenvalue weighted by molar-refractivity contribution is 0.120. The molecule has 0 N–H and O–H groups in total. The molecule has 0 spiro atoms. The zero-order valence-electron chi connectivity index (χ0n) is 8.56. The lowest BCUT2D eigenvalue weighted by Crippen LogP contribution is -1.95. The molecule has 76 valence electrons. The molecule has 0 aromatic heterocycles. The quantitative estimate of drug-likeness (QED) is 0.533. The molecule has 0 radical (unpaired) electrons. The van der Waals surface area contributed by atoms with Crippen molar-refractivity contribution in [2.24, 2.45) is 11.8 Å². The molecule has 0 aromatic carbocycles. The van der Waals surface area contributed by atoms with Crippen LogP contribution in [0.5, 0.6) is 0 Å². The van der Waals surface area contributed by atoms with Crippen LogP contribution in [0.4, 0.5) is 0 Å². The van der Waals surface area contributed by atoms with Crippen LogP contribution in [-0.4, -0.2) is 12.2 Å². The molecule has 0 aromatic rings. The molecule has 2 fully saturated rings. The summed E-state index contributed by atoms with van der Waals surface area (Å²) in [6, 6.07) is 0. The topological polar surface area (TPSA) is 9.23 Å². The van der Waals surface area contributed by atoms with Gasteiger partial charge in [0.05, 0.1) is 12.2 Å². The van der Waals surface area contributed by atoms with Gasteiger partial charge in [0.2, 0.25) is 0 Å². The largest absolute Gasteiger partial charge is 0.367 e. The van der Waals surface area contributed by atoms with E-state index in [-0.39, 0.29) is 0 Å². The van der Waals surface area contributed by atoms with Crippen molar-refractivity contribution in [2.45, 2.75) is 44.3 Å². The average molecular weight is 190 g/mol. The van der Waals surface area contributed by atoms with E-state index in [1.807, 2.05) is 0 Å². The summed E-state index contributed by atoms with van der Waals surface area (Å²) in [6.45, 7) is 0. The second kappa shape index (κ2) is 3.54. The first-order valence-electron chi connectivity index (χ1n) is 5.92. The average Bonchev–Trinajstić information content (AvgIpc) is 3.01. The molecule has 14 heavy (non-hydrogen) atoms. The maximum absolute atomic E-state index is 5.36. The molecule has 4 unspecified atom stereocenters. The number of allylic oxidation sites excluding steroid dienone is 2. The fraction of sp³-hybridized carbons (Fsp3) is 0.692. The lowest BCUT2D eigenvalue weighted by atomic mass is 10.1. The van der Waals surface area contributed by atoms with Crippen LogP contribution in [0.15, 0.2) is 24.3 Å². The number of rotatable bonds is 0. The smallest absolute Gasteiger partial charge is 0.0765 e. The molecule has 2 aliphatic heterocycles. The zero-order valence-corrected chi connectivity index (χ0v) is 8.56. The molecule has 4 atom stereocenters. The number of hydrogen-bond acceptors (Lipinski definition) is 1. The third-order valence-corrected chi connectivity index (χ3v) is 3.79. The molecule has 1 nitrogen and oxygen atoms in total. The van der Waals surface area contributed by atoms with Crippen molar-refractivity contribution in [3.8, 4) is 0 Å². The van der Waals surface area contributed by atoms with Crippen LogP contribution in [0.1, 0.15) is 32.1 Å². The van der Waals surface area contributed by atoms with Gasteiger partial charge in [0.1, 0.15) is 0 Å². The molecule has 2 heterocycles. The van der Waals surface area contributed by atoms with E-state index in [2.05, 4.69) is 24.3 Å². The van der Waals surface area contributed by atoms with Gasteiger partial charge in [0.25, 0.3) is 0 Å². The monoisotopic (exact) mass is 190 g/mol. The van der Waals surface area contributed by atoms with E-state index in [1.165, 1.54) is 32.1 Å². The van der Waals surface area contributed by atoms with Gasteiger partial charge < -0.3 is 4.74 Å². The van der Waals surface area contributed by atoms with Crippen molar-refractivity contribution >= 4 is 0 Å². The second-order valence-electron chi connectivity index (χ2n) is 4.89. The Labute approximate surface area is 85.8 Å². The predicted octanol–water partition coefficient (Wildman–Crippen LogP) is 3.08. The van der Waals surface area contributed by atoms with Crippen LogP contribution < -0.4 is 0 Å². The predicted molar refractivity (Wildman–Crippen MR) is 57.0 cm³/mol. The summed E-state index contributed by atoms with van der Waals surface area (Å²) < 4.78 is 5.36. The van der Waals surface area contributed by atoms with Gasteiger partial charge in [0, 0.05) is 0 Å². The van der Waals surface area contributed by atoms with Crippen LogP contribution in [0, 0.1) is 11.8 Å². The molecule has 2 aliphatic carbocycles. The first kappa shape index (κ1) is 8.72. The lowest BCUT2D eigenvalue weighted by Gasteiger charge is -1.96. The first-order valence-corrected chi connectivity index (χ1v) is 5.92. The van der Waals surface area contributed by atoms with Crippen LogP contribution in [0.3, 0.4) is 0 Å². The number of ether oxygens (including phenoxy) is 1. The third-order valence-electron chi connectivity index (χ3n) is 3.79. The summed E-state index contributed by atoms with van der Waals surface area (Å²) >= 11 is 0. The summed E-state index contributed by atoms with van der Waals surface area (Å²) in [5.74, 6) is 1.98. The van der Waals surface area contributed by atoms with Crippen LogP contribution in [-0.2, 0) is 4.74 Å². The normalized spacial score (nSPS) is 45.7. The van der Waals surface area contributed by atoms with Gasteiger partial charge in [-0.1, -0.05) is 24.3 Å². The summed E-state index contributed by atoms with van der Waals surface area (Å²) in [4.78, 5) is 0. The minimum Gasteiger partial charge on any atom is -0.367 e. The van der Waals surface area contributed by atoms with Crippen LogP contribution in [0.25, 0.3) is 0 Å². The Morgan fingerprint density at radius 1 is 0.714 bits per heavy atom. The highest BCUT2D eigenvalue weighted by molar-refractivity contribution is 5.07. The fourth-order valence-electron chi connectivity index (χ4n) is 2.94. The molecular formula is C13H18O. The van der Waals surface area contributed by atoms with Gasteiger partial charge >= 0.3 is 0 Å². The van der Waals surface area contributed by atoms with Gasteiger partial charge in [-0.05, 0) is 43.9 Å². The Morgan fingerprint density at radius 2 is 1.29 bits per heavy atom. The highest BCUT2D eigenvalue weighted by atomic mass is 16.5. The SMILES string of the molecule is C1=CC2CCC1C2.C1=CC2CCC1O2. The zero-order chi connectivity index (χ0) is 9.38. The van der Waals surface area contributed by atoms with E-state index < -0.39 is 0 Å². The number of fused-ring (bicyclic) bond motifs is 4. The second-order valence-corrected chi connectivity index (χ2v) is 4.89. The maximum atomic E-state index is 5.36. The molecule has 4 rings (SSSR count). The van der Waals surface area contributed by atoms with Crippen molar-refractivity contribution in [3.63, 3.8) is 0 Å². The summed E-state index contributed by atoms with van der Waals surface area (Å²) in [6.07, 6.45) is 17.0. The molecule has 4 aliphatic rings. The molecule has 4 bridgehead atoms. The molecule has 1 saturated heterocycles. The molecule has 1 heteroatoms. The van der Waals surface area contributed by atoms with Gasteiger partial charge in [-0.25, -0.2) is 0 Å². The summed E-state index contributed by atoms with van der Waals surface area (Å²) in [7, 11) is 0. The first-order chi connectivity index (χ1) is 6.90. The van der Waals surface area contributed by atoms with E-state index in [0.717, 1.165) is 11.8 Å².